The summed E-state index contributed by atoms with van der Waals surface area (Å²) in [5, 5.41) is 11.2. The zero-order valence-electron chi connectivity index (χ0n) is 23.2. The number of hydrogen-bond acceptors (Lipinski definition) is 9. The second-order valence-corrected chi connectivity index (χ2v) is 16.1. The van der Waals surface area contributed by atoms with Crippen molar-refractivity contribution in [3.63, 3.8) is 0 Å². The fourth-order valence-corrected chi connectivity index (χ4v) is 8.73. The van der Waals surface area contributed by atoms with E-state index in [0.717, 1.165) is 48.0 Å². The molecule has 0 aliphatic carbocycles. The van der Waals surface area contributed by atoms with Crippen LogP contribution >= 0.6 is 11.6 Å². The number of amides is 1. The molecule has 3 aromatic rings. The number of fused-ring (bicyclic) bond motifs is 1. The lowest BCUT2D eigenvalue weighted by atomic mass is 9.98. The highest BCUT2D eigenvalue weighted by atomic mass is 35.5. The quantitative estimate of drug-likeness (QED) is 0.351. The standard InChI is InChI=1S/C27H31ClN6O6S2/c1-18(2)32(3)16-19-4-9-23-24(10-13-40-26(23)14-19)33-17-21(30-31-33)15-25-27(35)29-11-12-34(25)42(38,39)41(36,37)22-7-5-20(28)6-8-22/h4-9,11-12,14,17-18,24-25H,10,13,15-16H2,1-3H3,(H,29,35). The Bertz CT molecular complexity index is 1720. The van der Waals surface area contributed by atoms with E-state index >= 15 is 0 Å². The van der Waals surface area contributed by atoms with Gasteiger partial charge in [0, 0.05) is 54.6 Å². The van der Waals surface area contributed by atoms with Crippen LogP contribution in [0.2, 0.25) is 5.02 Å². The fraction of sp³-hybridized carbons (Fsp3) is 0.370. The van der Waals surface area contributed by atoms with Crippen molar-refractivity contribution in [2.75, 3.05) is 13.7 Å². The summed E-state index contributed by atoms with van der Waals surface area (Å²) in [7, 11) is -7.91. The third-order valence-corrected chi connectivity index (χ3v) is 12.7. The molecule has 1 aromatic heterocycles. The predicted molar refractivity (Wildman–Crippen MR) is 155 cm³/mol. The molecular weight excluding hydrogens is 604 g/mol. The van der Waals surface area contributed by atoms with Crippen molar-refractivity contribution < 1.29 is 26.4 Å². The van der Waals surface area contributed by atoms with Crippen LogP contribution in [0.5, 0.6) is 5.75 Å². The minimum Gasteiger partial charge on any atom is -0.493 e. The van der Waals surface area contributed by atoms with Gasteiger partial charge in [-0.15, -0.1) is 5.10 Å². The number of rotatable bonds is 9. The maximum absolute atomic E-state index is 13.4. The van der Waals surface area contributed by atoms with Gasteiger partial charge in [-0.1, -0.05) is 28.9 Å². The molecule has 1 N–H and O–H groups in total. The molecule has 1 amide bonds. The number of ether oxygens (including phenoxy) is 1. The number of carbonyl (C=O) groups is 1. The number of benzene rings is 2. The van der Waals surface area contributed by atoms with Gasteiger partial charge in [0.05, 0.1) is 23.2 Å². The third-order valence-electron chi connectivity index (χ3n) is 7.37. The van der Waals surface area contributed by atoms with E-state index in [1.807, 2.05) is 12.1 Å². The molecule has 12 nitrogen and oxygen atoms in total. The highest BCUT2D eigenvalue weighted by Crippen LogP contribution is 2.35. The second kappa shape index (κ2) is 11.7. The van der Waals surface area contributed by atoms with Gasteiger partial charge in [-0.25, -0.2) is 13.1 Å². The molecule has 3 heterocycles. The first-order valence-corrected chi connectivity index (χ1v) is 17.1. The van der Waals surface area contributed by atoms with Crippen molar-refractivity contribution in [2.24, 2.45) is 0 Å². The van der Waals surface area contributed by atoms with Crippen LogP contribution in [0.1, 0.15) is 43.1 Å². The van der Waals surface area contributed by atoms with Gasteiger partial charge < -0.3 is 10.1 Å². The van der Waals surface area contributed by atoms with Gasteiger partial charge in [-0.2, -0.15) is 8.42 Å². The first kappa shape index (κ1) is 30.0. The van der Waals surface area contributed by atoms with Gasteiger partial charge in [-0.05, 0) is 56.8 Å². The highest BCUT2D eigenvalue weighted by Gasteiger charge is 2.44. The SMILES string of the molecule is CC(C)N(C)Cc1ccc2c(c1)OCCC2n1cc(CC2C(=O)NC=CN2S(=O)(=O)S(=O)(=O)c2ccc(Cl)cc2)nn1. The first-order valence-electron chi connectivity index (χ1n) is 13.3. The largest absolute Gasteiger partial charge is 0.493 e. The Morgan fingerprint density at radius 2 is 1.88 bits per heavy atom. The van der Waals surface area contributed by atoms with Crippen molar-refractivity contribution in [3.8, 4) is 5.75 Å². The molecule has 224 valence electrons. The summed E-state index contributed by atoms with van der Waals surface area (Å²) >= 11 is 5.84. The number of carbonyl (C=O) groups excluding carboxylic acids is 1. The summed E-state index contributed by atoms with van der Waals surface area (Å²) in [5.41, 5.74) is 2.37. The minimum absolute atomic E-state index is 0.183. The predicted octanol–water partition coefficient (Wildman–Crippen LogP) is 2.68. The molecule has 0 saturated heterocycles. The van der Waals surface area contributed by atoms with Crippen LogP contribution in [0.3, 0.4) is 0 Å². The summed E-state index contributed by atoms with van der Waals surface area (Å²) in [4.78, 5) is 14.6. The van der Waals surface area contributed by atoms with E-state index in [0.29, 0.717) is 29.1 Å². The number of nitrogens with one attached hydrogen (secondary N) is 1. The van der Waals surface area contributed by atoms with Crippen molar-refractivity contribution in [1.82, 2.24) is 29.5 Å². The Kier molecular flexibility index (Phi) is 8.34. The fourth-order valence-electron chi connectivity index (χ4n) is 4.77. The lowest BCUT2D eigenvalue weighted by molar-refractivity contribution is -0.123. The van der Waals surface area contributed by atoms with Gasteiger partial charge in [0.1, 0.15) is 11.8 Å². The van der Waals surface area contributed by atoms with E-state index in [-0.39, 0.29) is 17.5 Å². The van der Waals surface area contributed by atoms with Crippen LogP contribution in [-0.4, -0.2) is 72.7 Å². The van der Waals surface area contributed by atoms with E-state index in [1.165, 1.54) is 12.1 Å². The molecule has 2 aliphatic rings. The van der Waals surface area contributed by atoms with E-state index in [9.17, 15) is 21.6 Å². The van der Waals surface area contributed by atoms with Crippen molar-refractivity contribution in [2.45, 2.75) is 56.3 Å². The number of nitrogens with zero attached hydrogens (tertiary/aromatic N) is 5. The molecule has 2 unspecified atom stereocenters. The molecule has 0 fully saturated rings. The smallest absolute Gasteiger partial charge is 0.346 e. The Labute approximate surface area is 249 Å². The van der Waals surface area contributed by atoms with E-state index < -0.39 is 34.8 Å². The molecule has 0 spiro atoms. The lowest BCUT2D eigenvalue weighted by Gasteiger charge is -2.30. The molecule has 2 atom stereocenters. The number of halogens is 1. The minimum atomic E-state index is -5.06. The Morgan fingerprint density at radius 1 is 1.14 bits per heavy atom. The summed E-state index contributed by atoms with van der Waals surface area (Å²) in [6.45, 7) is 5.51. The van der Waals surface area contributed by atoms with E-state index in [1.54, 1.807) is 10.9 Å². The molecule has 2 aromatic carbocycles. The molecule has 15 heteroatoms. The molecule has 0 saturated carbocycles. The summed E-state index contributed by atoms with van der Waals surface area (Å²) in [6.07, 6.45) is 4.17. The number of aromatic nitrogens is 3. The summed E-state index contributed by atoms with van der Waals surface area (Å²) in [5.74, 6) is 0.0664. The molecule has 0 bridgehead atoms. The van der Waals surface area contributed by atoms with Crippen molar-refractivity contribution >= 4 is 35.4 Å². The first-order chi connectivity index (χ1) is 19.9. The topological polar surface area (TPSA) is 144 Å². The van der Waals surface area contributed by atoms with Crippen LogP contribution in [0.15, 0.2) is 66.0 Å². The molecule has 42 heavy (non-hydrogen) atoms. The average Bonchev–Trinajstić information content (AvgIpc) is 3.42. The number of hydrogen-bond donors (Lipinski definition) is 1. The van der Waals surface area contributed by atoms with Gasteiger partial charge >= 0.3 is 17.9 Å². The summed E-state index contributed by atoms with van der Waals surface area (Å²) in [6, 6.07) is 9.65. The van der Waals surface area contributed by atoms with Crippen LogP contribution in [0, 0.1) is 0 Å². The monoisotopic (exact) mass is 634 g/mol. The summed E-state index contributed by atoms with van der Waals surface area (Å²) < 4.78 is 61.2. The van der Waals surface area contributed by atoms with E-state index in [4.69, 9.17) is 16.3 Å². The van der Waals surface area contributed by atoms with Crippen molar-refractivity contribution in [3.05, 3.63) is 82.9 Å². The zero-order valence-corrected chi connectivity index (χ0v) is 25.6. The average molecular weight is 635 g/mol. The van der Waals surface area contributed by atoms with E-state index in [2.05, 4.69) is 47.5 Å². The highest BCUT2D eigenvalue weighted by molar-refractivity contribution is 8.66. The van der Waals surface area contributed by atoms with Gasteiger partial charge in [0.2, 0.25) is 5.91 Å². The van der Waals surface area contributed by atoms with Crippen LogP contribution in [-0.2, 0) is 35.7 Å². The maximum Gasteiger partial charge on any atom is 0.346 e. The molecule has 0 radical (unpaired) electrons. The van der Waals surface area contributed by atoms with Gasteiger partial charge in [-0.3, -0.25) is 14.0 Å². The second-order valence-electron chi connectivity index (χ2n) is 10.5. The normalized spacial score (nSPS) is 19.1. The lowest BCUT2D eigenvalue weighted by Crippen LogP contribution is -2.51. The van der Waals surface area contributed by atoms with Gasteiger partial charge in [0.25, 0.3) is 0 Å². The Balaban J connectivity index is 1.38. The Hall–Kier alpha value is -3.46. The van der Waals surface area contributed by atoms with Crippen molar-refractivity contribution in [1.29, 1.82) is 0 Å². The third kappa shape index (κ3) is 5.76. The molecule has 5 rings (SSSR count). The van der Waals surface area contributed by atoms with Crippen LogP contribution in [0.4, 0.5) is 0 Å². The van der Waals surface area contributed by atoms with Crippen LogP contribution < -0.4 is 10.1 Å². The zero-order chi connectivity index (χ0) is 30.2. The molecular formula is C27H31ClN6O6S2. The molecule has 2 aliphatic heterocycles. The Morgan fingerprint density at radius 3 is 2.60 bits per heavy atom. The van der Waals surface area contributed by atoms with Gasteiger partial charge in [0.15, 0.2) is 0 Å². The maximum atomic E-state index is 13.4. The van der Waals surface area contributed by atoms with Crippen LogP contribution in [0.25, 0.3) is 0 Å².